The minimum absolute atomic E-state index is 0.135. The highest BCUT2D eigenvalue weighted by Gasteiger charge is 2.44. The van der Waals surface area contributed by atoms with Crippen molar-refractivity contribution in [1.82, 2.24) is 9.80 Å². The van der Waals surface area contributed by atoms with Crippen molar-refractivity contribution in [3.05, 3.63) is 29.8 Å². The molecule has 2 aliphatic heterocycles. The van der Waals surface area contributed by atoms with Gasteiger partial charge in [-0.05, 0) is 68.8 Å². The Morgan fingerprint density at radius 1 is 1.09 bits per heavy atom. The molecule has 4 rings (SSSR count). The van der Waals surface area contributed by atoms with Crippen molar-refractivity contribution >= 4 is 17.6 Å². The van der Waals surface area contributed by atoms with E-state index in [2.05, 4.69) is 4.90 Å². The van der Waals surface area contributed by atoms with Gasteiger partial charge < -0.3 is 19.4 Å². The SMILES string of the molecule is COC(=O)C(CCN1CCC2(CC1)CC2)N1CCN(c2cccc(C(F)(F)F)c2)CCC1=O. The number of nitrogens with zero attached hydrogens (tertiary/aromatic N) is 3. The maximum absolute atomic E-state index is 13.1. The smallest absolute Gasteiger partial charge is 0.416 e. The number of piperidine rings is 1. The number of alkyl halides is 3. The number of esters is 1. The van der Waals surface area contributed by atoms with Crippen LogP contribution in [0.25, 0.3) is 0 Å². The van der Waals surface area contributed by atoms with E-state index >= 15 is 0 Å². The summed E-state index contributed by atoms with van der Waals surface area (Å²) in [4.78, 5) is 31.2. The number of amides is 1. The van der Waals surface area contributed by atoms with Crippen molar-refractivity contribution in [3.8, 4) is 0 Å². The molecule has 1 saturated carbocycles. The van der Waals surface area contributed by atoms with E-state index in [0.29, 0.717) is 30.6 Å². The zero-order chi connectivity index (χ0) is 23.6. The first kappa shape index (κ1) is 23.9. The highest BCUT2D eigenvalue weighted by Crippen LogP contribution is 2.53. The van der Waals surface area contributed by atoms with E-state index in [4.69, 9.17) is 4.74 Å². The largest absolute Gasteiger partial charge is 0.467 e. The summed E-state index contributed by atoms with van der Waals surface area (Å²) < 4.78 is 44.4. The average Bonchev–Trinajstić information content (AvgIpc) is 3.59. The van der Waals surface area contributed by atoms with Crippen LogP contribution >= 0.6 is 0 Å². The van der Waals surface area contributed by atoms with Gasteiger partial charge in [-0.25, -0.2) is 4.79 Å². The molecule has 6 nitrogen and oxygen atoms in total. The summed E-state index contributed by atoms with van der Waals surface area (Å²) in [7, 11) is 1.32. The van der Waals surface area contributed by atoms with Crippen LogP contribution in [0.1, 0.15) is 44.1 Å². The van der Waals surface area contributed by atoms with Crippen LogP contribution in [0.15, 0.2) is 24.3 Å². The van der Waals surface area contributed by atoms with Crippen molar-refractivity contribution < 1.29 is 27.5 Å². The van der Waals surface area contributed by atoms with Gasteiger partial charge in [-0.3, -0.25) is 4.79 Å². The number of benzene rings is 1. The van der Waals surface area contributed by atoms with Crippen LogP contribution in [-0.4, -0.2) is 74.1 Å². The maximum atomic E-state index is 13.1. The number of likely N-dealkylation sites (tertiary alicyclic amines) is 1. The first-order valence-electron chi connectivity index (χ1n) is 11.7. The maximum Gasteiger partial charge on any atom is 0.416 e. The summed E-state index contributed by atoms with van der Waals surface area (Å²) >= 11 is 0. The summed E-state index contributed by atoms with van der Waals surface area (Å²) in [6.07, 6.45) is 1.26. The van der Waals surface area contributed by atoms with E-state index in [1.54, 1.807) is 15.9 Å². The average molecular weight is 468 g/mol. The van der Waals surface area contributed by atoms with Crippen molar-refractivity contribution in [1.29, 1.82) is 0 Å². The minimum Gasteiger partial charge on any atom is -0.467 e. The third-order valence-corrected chi connectivity index (χ3v) is 7.51. The van der Waals surface area contributed by atoms with Crippen LogP contribution in [0.2, 0.25) is 0 Å². The van der Waals surface area contributed by atoms with Gasteiger partial charge >= 0.3 is 12.1 Å². The summed E-state index contributed by atoms with van der Waals surface area (Å²) in [6.45, 7) is 3.68. The number of methoxy groups -OCH3 is 1. The van der Waals surface area contributed by atoms with Gasteiger partial charge in [0.25, 0.3) is 0 Å². The second-order valence-electron chi connectivity index (χ2n) is 9.54. The van der Waals surface area contributed by atoms with Gasteiger partial charge in [-0.2, -0.15) is 13.2 Å². The molecule has 182 valence electrons. The number of rotatable bonds is 6. The van der Waals surface area contributed by atoms with Gasteiger partial charge in [0.05, 0.1) is 12.7 Å². The summed E-state index contributed by atoms with van der Waals surface area (Å²) in [5, 5.41) is 0. The van der Waals surface area contributed by atoms with Gasteiger partial charge in [-0.1, -0.05) is 6.07 Å². The first-order valence-corrected chi connectivity index (χ1v) is 11.7. The molecule has 3 aliphatic rings. The molecule has 1 aromatic rings. The van der Waals surface area contributed by atoms with Crippen molar-refractivity contribution in [2.24, 2.45) is 5.41 Å². The van der Waals surface area contributed by atoms with Gasteiger partial charge in [0, 0.05) is 38.3 Å². The third kappa shape index (κ3) is 5.62. The molecule has 2 heterocycles. The Morgan fingerprint density at radius 3 is 2.45 bits per heavy atom. The molecule has 1 atom stereocenters. The Hall–Kier alpha value is -2.29. The summed E-state index contributed by atoms with van der Waals surface area (Å²) in [5.41, 5.74) is 0.289. The molecule has 0 aromatic heterocycles. The lowest BCUT2D eigenvalue weighted by Gasteiger charge is -2.34. The summed E-state index contributed by atoms with van der Waals surface area (Å²) in [6, 6.07) is 4.47. The standard InChI is InChI=1S/C24H32F3N3O3/c1-33-22(32)20(5-11-28-13-9-23(7-8-23)10-14-28)30-16-15-29(12-6-21(30)31)19-4-2-3-18(17-19)24(25,26)27/h2-4,17,20H,5-16H2,1H3. The highest BCUT2D eigenvalue weighted by molar-refractivity contribution is 5.85. The molecule has 3 fully saturated rings. The zero-order valence-corrected chi connectivity index (χ0v) is 19.1. The van der Waals surface area contributed by atoms with Gasteiger partial charge in [-0.15, -0.1) is 0 Å². The predicted octanol–water partition coefficient (Wildman–Crippen LogP) is 3.55. The van der Waals surface area contributed by atoms with Crippen LogP contribution in [0.5, 0.6) is 0 Å². The molecule has 0 radical (unpaired) electrons. The molecular formula is C24H32F3N3O3. The van der Waals surface area contributed by atoms with Gasteiger partial charge in [0.1, 0.15) is 6.04 Å². The van der Waals surface area contributed by atoms with E-state index in [-0.39, 0.29) is 18.9 Å². The molecule has 1 amide bonds. The number of ether oxygens (including phenoxy) is 1. The normalized spacial score (nSPS) is 22.2. The Labute approximate surface area is 192 Å². The number of hydrogen-bond acceptors (Lipinski definition) is 5. The number of halogens is 3. The third-order valence-electron chi connectivity index (χ3n) is 7.51. The van der Waals surface area contributed by atoms with Crippen LogP contribution in [0.3, 0.4) is 0 Å². The lowest BCUT2D eigenvalue weighted by Crippen LogP contribution is -2.48. The predicted molar refractivity (Wildman–Crippen MR) is 118 cm³/mol. The van der Waals surface area contributed by atoms with Crippen molar-refractivity contribution in [2.75, 3.05) is 51.3 Å². The molecule has 1 aromatic carbocycles. The molecule has 33 heavy (non-hydrogen) atoms. The highest BCUT2D eigenvalue weighted by atomic mass is 19.4. The summed E-state index contributed by atoms with van der Waals surface area (Å²) in [5.74, 6) is -0.609. The van der Waals surface area contributed by atoms with E-state index in [0.717, 1.165) is 31.8 Å². The molecular weight excluding hydrogens is 435 g/mol. The number of anilines is 1. The molecule has 1 unspecified atom stereocenters. The Morgan fingerprint density at radius 2 is 1.82 bits per heavy atom. The minimum atomic E-state index is -4.42. The van der Waals surface area contributed by atoms with Crippen LogP contribution in [-0.2, 0) is 20.5 Å². The van der Waals surface area contributed by atoms with Crippen LogP contribution < -0.4 is 4.90 Å². The van der Waals surface area contributed by atoms with Crippen LogP contribution in [0.4, 0.5) is 18.9 Å². The lowest BCUT2D eigenvalue weighted by molar-refractivity contribution is -0.153. The molecule has 1 spiro atoms. The van der Waals surface area contributed by atoms with E-state index in [9.17, 15) is 22.8 Å². The lowest BCUT2D eigenvalue weighted by atomic mass is 9.93. The topological polar surface area (TPSA) is 53.1 Å². The second-order valence-corrected chi connectivity index (χ2v) is 9.54. The number of hydrogen-bond donors (Lipinski definition) is 0. The van der Waals surface area contributed by atoms with Gasteiger partial charge in [0.2, 0.25) is 5.91 Å². The van der Waals surface area contributed by atoms with Crippen molar-refractivity contribution in [3.63, 3.8) is 0 Å². The van der Waals surface area contributed by atoms with Crippen LogP contribution in [0, 0.1) is 5.41 Å². The first-order chi connectivity index (χ1) is 15.7. The number of carbonyl (C=O) groups excluding carboxylic acids is 2. The Bertz CT molecular complexity index is 862. The second kappa shape index (κ2) is 9.52. The fourth-order valence-electron chi connectivity index (χ4n) is 5.08. The molecule has 2 saturated heterocycles. The van der Waals surface area contributed by atoms with E-state index in [1.807, 2.05) is 0 Å². The Balaban J connectivity index is 1.40. The van der Waals surface area contributed by atoms with E-state index in [1.165, 1.54) is 38.9 Å². The molecule has 1 aliphatic carbocycles. The quantitative estimate of drug-likeness (QED) is 0.599. The monoisotopic (exact) mass is 467 g/mol. The van der Waals surface area contributed by atoms with Gasteiger partial charge in [0.15, 0.2) is 0 Å². The molecule has 0 N–H and O–H groups in total. The fraction of sp³-hybridized carbons (Fsp3) is 0.667. The Kier molecular flexibility index (Phi) is 6.88. The molecule has 9 heteroatoms. The number of carbonyl (C=O) groups is 2. The zero-order valence-electron chi connectivity index (χ0n) is 19.1. The van der Waals surface area contributed by atoms with Crippen molar-refractivity contribution in [2.45, 2.75) is 50.7 Å². The van der Waals surface area contributed by atoms with E-state index < -0.39 is 23.8 Å². The molecule has 0 bridgehead atoms. The fourth-order valence-corrected chi connectivity index (χ4v) is 5.08.